The van der Waals surface area contributed by atoms with Gasteiger partial charge in [0.1, 0.15) is 0 Å². The third-order valence-electron chi connectivity index (χ3n) is 9.29. The van der Waals surface area contributed by atoms with Crippen LogP contribution in [0.2, 0.25) is 0 Å². The Morgan fingerprint density at radius 1 is 0.886 bits per heavy atom. The molecule has 3 aromatic rings. The molecule has 2 amide bonds. The molecule has 218 valence electrons. The highest BCUT2D eigenvalue weighted by molar-refractivity contribution is 6.25. The molecule has 1 aliphatic heterocycles. The maximum atomic E-state index is 14.6. The maximum absolute atomic E-state index is 14.6. The van der Waals surface area contributed by atoms with Crippen LogP contribution in [0.25, 0.3) is 0 Å². The van der Waals surface area contributed by atoms with Gasteiger partial charge in [0.05, 0.1) is 17.5 Å². The van der Waals surface area contributed by atoms with Gasteiger partial charge in [-0.05, 0) is 73.7 Å². The van der Waals surface area contributed by atoms with E-state index in [2.05, 4.69) is 0 Å². The van der Waals surface area contributed by atoms with E-state index in [1.165, 1.54) is 18.2 Å². The van der Waals surface area contributed by atoms with E-state index in [1.54, 1.807) is 55.5 Å². The molecule has 0 saturated carbocycles. The van der Waals surface area contributed by atoms with E-state index in [0.29, 0.717) is 28.0 Å². The van der Waals surface area contributed by atoms with E-state index in [0.717, 1.165) is 11.0 Å². The Labute approximate surface area is 252 Å². The fourth-order valence-electron chi connectivity index (χ4n) is 7.24. The van der Waals surface area contributed by atoms with Crippen LogP contribution in [0.3, 0.4) is 0 Å². The van der Waals surface area contributed by atoms with Crippen LogP contribution in [0.4, 0.5) is 10.1 Å². The number of anilines is 1. The monoisotopic (exact) mass is 587 g/mol. The highest BCUT2D eigenvalue weighted by Gasteiger charge is 2.56. The van der Waals surface area contributed by atoms with Crippen LogP contribution in [0, 0.1) is 23.6 Å². The van der Waals surface area contributed by atoms with Crippen molar-refractivity contribution in [3.63, 3.8) is 0 Å². The fourth-order valence-corrected chi connectivity index (χ4v) is 7.24. The molecule has 1 saturated heterocycles. The molecule has 1 heterocycles. The number of nitrogens with zero attached hydrogens (tertiary/aromatic N) is 1. The molecule has 3 aliphatic carbocycles. The number of Topliss-reactive ketones (excluding diaryl/α,β-unsaturated/α-hetero) is 1. The smallest absolute Gasteiger partial charge is 0.238 e. The lowest BCUT2D eigenvalue weighted by Crippen LogP contribution is -2.39. The summed E-state index contributed by atoms with van der Waals surface area (Å²) in [6, 6.07) is 19.0. The van der Waals surface area contributed by atoms with Crippen molar-refractivity contribution in [2.24, 2.45) is 17.8 Å². The lowest BCUT2D eigenvalue weighted by molar-refractivity contribution is -0.123. The normalized spacial score (nSPS) is 24.5. The second-order valence-corrected chi connectivity index (χ2v) is 11.7. The summed E-state index contributed by atoms with van der Waals surface area (Å²) < 4.78 is 14.6. The summed E-state index contributed by atoms with van der Waals surface area (Å²) in [7, 11) is 0. The van der Waals surface area contributed by atoms with Crippen molar-refractivity contribution < 1.29 is 33.5 Å². The van der Waals surface area contributed by atoms with E-state index >= 15 is 0 Å². The summed E-state index contributed by atoms with van der Waals surface area (Å²) in [5.41, 5.74) is 3.16. The van der Waals surface area contributed by atoms with Gasteiger partial charge in [-0.2, -0.15) is 0 Å². The number of phenols is 1. The number of aromatic hydroxyl groups is 1. The molecular formula is C36H26FNO6. The first kappa shape index (κ1) is 27.6. The zero-order valence-electron chi connectivity index (χ0n) is 23.6. The van der Waals surface area contributed by atoms with E-state index in [-0.39, 0.29) is 52.8 Å². The van der Waals surface area contributed by atoms with Crippen molar-refractivity contribution in [3.05, 3.63) is 130 Å². The van der Waals surface area contributed by atoms with Crippen LogP contribution in [0.15, 0.2) is 107 Å². The first-order valence-electron chi connectivity index (χ1n) is 14.4. The zero-order chi connectivity index (χ0) is 30.9. The average molecular weight is 588 g/mol. The van der Waals surface area contributed by atoms with E-state index in [1.807, 2.05) is 12.1 Å². The lowest BCUT2D eigenvalue weighted by atomic mass is 9.59. The topological polar surface area (TPSA) is 109 Å². The Kier molecular flexibility index (Phi) is 6.39. The second-order valence-electron chi connectivity index (χ2n) is 11.7. The van der Waals surface area contributed by atoms with Crippen molar-refractivity contribution in [1.82, 2.24) is 0 Å². The van der Waals surface area contributed by atoms with Crippen molar-refractivity contribution in [2.45, 2.75) is 25.7 Å². The Balaban J connectivity index is 1.26. The predicted molar refractivity (Wildman–Crippen MR) is 158 cm³/mol. The molecule has 1 fully saturated rings. The van der Waals surface area contributed by atoms with Crippen LogP contribution in [-0.2, 0) is 19.2 Å². The van der Waals surface area contributed by atoms with Crippen LogP contribution in [0.1, 0.15) is 47.2 Å². The molecule has 0 unspecified atom stereocenters. The number of halogens is 1. The molecule has 0 bridgehead atoms. The minimum absolute atomic E-state index is 0.104. The van der Waals surface area contributed by atoms with Crippen molar-refractivity contribution >= 4 is 34.9 Å². The Hall–Kier alpha value is -5.24. The number of carbonyl (C=O) groups excluding carboxylic acids is 5. The summed E-state index contributed by atoms with van der Waals surface area (Å²) in [5.74, 6) is -5.88. The highest BCUT2D eigenvalue weighted by atomic mass is 19.1. The largest absolute Gasteiger partial charge is 0.505 e. The van der Waals surface area contributed by atoms with Crippen molar-refractivity contribution in [3.8, 4) is 5.75 Å². The van der Waals surface area contributed by atoms with Crippen molar-refractivity contribution in [2.75, 3.05) is 4.90 Å². The molecular weight excluding hydrogens is 561 g/mol. The number of amides is 2. The Bertz CT molecular complexity index is 1900. The first-order valence-corrected chi connectivity index (χ1v) is 14.4. The van der Waals surface area contributed by atoms with Gasteiger partial charge in [-0.15, -0.1) is 0 Å². The number of hydrogen-bond donors (Lipinski definition) is 1. The molecule has 7 rings (SSSR count). The molecule has 4 atom stereocenters. The van der Waals surface area contributed by atoms with Gasteiger partial charge in [0.15, 0.2) is 28.9 Å². The third-order valence-corrected chi connectivity index (χ3v) is 9.29. The van der Waals surface area contributed by atoms with E-state index in [9.17, 15) is 33.5 Å². The molecule has 0 radical (unpaired) electrons. The summed E-state index contributed by atoms with van der Waals surface area (Å²) in [5, 5.41) is 9.83. The molecule has 4 aliphatic rings. The summed E-state index contributed by atoms with van der Waals surface area (Å²) >= 11 is 0. The Morgan fingerprint density at radius 2 is 1.59 bits per heavy atom. The number of phenolic OH excluding ortho intramolecular Hbond substituents is 1. The fraction of sp³-hybridized carbons (Fsp3) is 0.194. The van der Waals surface area contributed by atoms with E-state index in [4.69, 9.17) is 0 Å². The van der Waals surface area contributed by atoms with Gasteiger partial charge in [0, 0.05) is 33.8 Å². The minimum Gasteiger partial charge on any atom is -0.505 e. The van der Waals surface area contributed by atoms with Gasteiger partial charge in [0.2, 0.25) is 11.8 Å². The van der Waals surface area contributed by atoms with Crippen molar-refractivity contribution in [1.29, 1.82) is 0 Å². The molecule has 3 aromatic carbocycles. The van der Waals surface area contributed by atoms with Gasteiger partial charge >= 0.3 is 0 Å². The molecule has 0 aromatic heterocycles. The zero-order valence-corrected chi connectivity index (χ0v) is 23.6. The number of rotatable bonds is 4. The van der Waals surface area contributed by atoms with Crippen LogP contribution in [-0.4, -0.2) is 34.3 Å². The maximum Gasteiger partial charge on any atom is 0.238 e. The third kappa shape index (κ3) is 4.12. The highest BCUT2D eigenvalue weighted by Crippen LogP contribution is 2.55. The second kappa shape index (κ2) is 10.2. The van der Waals surface area contributed by atoms with Gasteiger partial charge in [-0.1, -0.05) is 48.0 Å². The molecule has 8 heteroatoms. The van der Waals surface area contributed by atoms with Crippen LogP contribution >= 0.6 is 0 Å². The molecule has 44 heavy (non-hydrogen) atoms. The Morgan fingerprint density at radius 3 is 2.30 bits per heavy atom. The number of fused-ring (bicyclic) bond motifs is 3. The predicted octanol–water partition coefficient (Wildman–Crippen LogP) is 5.40. The lowest BCUT2D eigenvalue weighted by Gasteiger charge is -2.42. The average Bonchev–Trinajstić information content (AvgIpc) is 3.29. The summed E-state index contributed by atoms with van der Waals surface area (Å²) in [6.45, 7) is 1.56. The molecule has 0 spiro atoms. The van der Waals surface area contributed by atoms with Gasteiger partial charge in [0.25, 0.3) is 0 Å². The minimum atomic E-state index is -0.866. The number of carbonyl (C=O) groups is 5. The number of ketones is 3. The van der Waals surface area contributed by atoms with Gasteiger partial charge < -0.3 is 5.11 Å². The number of allylic oxidation sites excluding steroid dienone is 6. The standard InChI is InChI=1S/C36H26FNO6/c1-18-15-29(40)32-26(33(18)41)17-25-23(30(32)21-9-14-28(39)27(37)16-21)12-13-24-31(25)36(44)38(35(24)43)22-10-7-20(8-11-22)34(42)19-5-3-2-4-6-19/h2-12,14-16,24-25,30-31,39H,13,17H2,1H3/t24-,25+,30-,31-/m0/s1. The van der Waals surface area contributed by atoms with Crippen LogP contribution < -0.4 is 4.90 Å². The summed E-state index contributed by atoms with van der Waals surface area (Å²) in [4.78, 5) is 68.6. The number of benzene rings is 3. The molecule has 1 N–H and O–H groups in total. The van der Waals surface area contributed by atoms with Gasteiger partial charge in [-0.25, -0.2) is 4.39 Å². The van der Waals surface area contributed by atoms with Gasteiger partial charge in [-0.3, -0.25) is 28.9 Å². The summed E-state index contributed by atoms with van der Waals surface area (Å²) in [6.07, 6.45) is 3.48. The molecule has 7 nitrogen and oxygen atoms in total. The quantitative estimate of drug-likeness (QED) is 0.190. The van der Waals surface area contributed by atoms with Crippen LogP contribution in [0.5, 0.6) is 5.75 Å². The number of imide groups is 1. The SMILES string of the molecule is CC1=CC(=O)C2=C(C[C@@H]3C(=CC[C@@H]4C(=O)N(c5ccc(C(=O)c6ccccc6)cc5)C(=O)[C@@H]43)[C@@H]2c2ccc(O)c(F)c2)C1=O. The number of hydrogen-bond acceptors (Lipinski definition) is 6. The van der Waals surface area contributed by atoms with E-state index < -0.39 is 41.1 Å². The first-order chi connectivity index (χ1) is 21.2.